The molecular formula is C19H13ClF4N4O. The van der Waals surface area contributed by atoms with Crippen LogP contribution >= 0.6 is 11.6 Å². The standard InChI is InChI=1S/C19H13ClF4N4O/c1-8-7-28-12-5-3-10(19(22,23)24)15(20)14(12)17(26-9(2)18(28)25-8)16-11(21)4-6-13(29)27-16/h3-7,9H,1-2H3,(H,27,29)/t9-/m0/s1. The van der Waals surface area contributed by atoms with E-state index in [0.29, 0.717) is 11.5 Å². The summed E-state index contributed by atoms with van der Waals surface area (Å²) in [6.07, 6.45) is -3.09. The fraction of sp³-hybridized carbons (Fsp3) is 0.211. The predicted molar refractivity (Wildman–Crippen MR) is 99.4 cm³/mol. The third-order valence-electron chi connectivity index (χ3n) is 4.58. The van der Waals surface area contributed by atoms with Gasteiger partial charge in [-0.05, 0) is 32.0 Å². The lowest BCUT2D eigenvalue weighted by Crippen LogP contribution is -2.19. The number of nitrogens with zero attached hydrogens (tertiary/aromatic N) is 3. The van der Waals surface area contributed by atoms with E-state index in [9.17, 15) is 22.4 Å². The molecule has 0 amide bonds. The van der Waals surface area contributed by atoms with Crippen molar-refractivity contribution in [2.45, 2.75) is 26.1 Å². The molecule has 3 aromatic rings. The first kappa shape index (κ1) is 19.4. The van der Waals surface area contributed by atoms with E-state index in [-0.39, 0.29) is 22.7 Å². The fourth-order valence-electron chi connectivity index (χ4n) is 3.35. The second kappa shape index (κ2) is 6.55. The van der Waals surface area contributed by atoms with Crippen molar-refractivity contribution in [1.29, 1.82) is 0 Å². The highest BCUT2D eigenvalue weighted by molar-refractivity contribution is 6.37. The average Bonchev–Trinajstić information content (AvgIpc) is 2.98. The van der Waals surface area contributed by atoms with Gasteiger partial charge in [-0.25, -0.2) is 9.37 Å². The number of imidazole rings is 1. The Morgan fingerprint density at radius 2 is 1.93 bits per heavy atom. The van der Waals surface area contributed by atoms with Gasteiger partial charge in [-0.1, -0.05) is 11.6 Å². The molecule has 1 aliphatic heterocycles. The van der Waals surface area contributed by atoms with Gasteiger partial charge in [0.05, 0.1) is 27.7 Å². The monoisotopic (exact) mass is 424 g/mol. The molecule has 2 aromatic heterocycles. The summed E-state index contributed by atoms with van der Waals surface area (Å²) in [4.78, 5) is 22.9. The van der Waals surface area contributed by atoms with Crippen LogP contribution in [0.4, 0.5) is 17.6 Å². The molecule has 4 rings (SSSR count). The van der Waals surface area contributed by atoms with Crippen molar-refractivity contribution in [2.75, 3.05) is 0 Å². The van der Waals surface area contributed by atoms with E-state index in [1.807, 2.05) is 0 Å². The van der Waals surface area contributed by atoms with Crippen LogP contribution in [0.3, 0.4) is 0 Å². The Balaban J connectivity index is 2.13. The summed E-state index contributed by atoms with van der Waals surface area (Å²) in [5.41, 5.74) is -1.48. The molecule has 1 atom stereocenters. The Labute approximate surface area is 166 Å². The Kier molecular flexibility index (Phi) is 4.38. The minimum Gasteiger partial charge on any atom is -0.318 e. The summed E-state index contributed by atoms with van der Waals surface area (Å²) >= 11 is 6.19. The molecule has 0 unspecified atom stereocenters. The van der Waals surface area contributed by atoms with E-state index >= 15 is 0 Å². The smallest absolute Gasteiger partial charge is 0.318 e. The molecule has 3 heterocycles. The molecule has 0 spiro atoms. The van der Waals surface area contributed by atoms with E-state index in [4.69, 9.17) is 11.6 Å². The third-order valence-corrected chi connectivity index (χ3v) is 4.97. The summed E-state index contributed by atoms with van der Waals surface area (Å²) in [5, 5.41) is -0.635. The zero-order valence-corrected chi connectivity index (χ0v) is 15.9. The number of fused-ring (bicyclic) bond motifs is 3. The van der Waals surface area contributed by atoms with E-state index in [0.717, 1.165) is 18.2 Å². The van der Waals surface area contributed by atoms with Crippen LogP contribution in [0.5, 0.6) is 0 Å². The summed E-state index contributed by atoms with van der Waals surface area (Å²) in [5.74, 6) is -0.390. The van der Waals surface area contributed by atoms with Gasteiger partial charge in [-0.3, -0.25) is 9.79 Å². The zero-order valence-electron chi connectivity index (χ0n) is 15.1. The molecule has 0 fully saturated rings. The quantitative estimate of drug-likeness (QED) is 0.581. The first-order chi connectivity index (χ1) is 13.6. The van der Waals surface area contributed by atoms with Gasteiger partial charge in [0, 0.05) is 17.8 Å². The second-order valence-corrected chi connectivity index (χ2v) is 7.01. The third kappa shape index (κ3) is 3.15. The highest BCUT2D eigenvalue weighted by Crippen LogP contribution is 2.41. The summed E-state index contributed by atoms with van der Waals surface area (Å²) in [6.45, 7) is 3.40. The number of benzene rings is 1. The van der Waals surface area contributed by atoms with Gasteiger partial charge in [0.15, 0.2) is 0 Å². The second-order valence-electron chi connectivity index (χ2n) is 6.63. The molecule has 0 bridgehead atoms. The predicted octanol–water partition coefficient (Wildman–Crippen LogP) is 4.59. The molecule has 0 aliphatic carbocycles. The van der Waals surface area contributed by atoms with Gasteiger partial charge in [0.2, 0.25) is 5.56 Å². The zero-order chi connectivity index (χ0) is 21.1. The Morgan fingerprint density at radius 1 is 1.21 bits per heavy atom. The number of rotatable bonds is 1. The minimum atomic E-state index is -4.73. The fourth-order valence-corrected chi connectivity index (χ4v) is 3.71. The number of hydrogen-bond donors (Lipinski definition) is 1. The molecule has 1 aromatic carbocycles. The number of H-pyrrole nitrogens is 1. The van der Waals surface area contributed by atoms with Gasteiger partial charge in [0.25, 0.3) is 0 Å². The molecule has 0 saturated carbocycles. The van der Waals surface area contributed by atoms with Crippen molar-refractivity contribution in [1.82, 2.24) is 14.5 Å². The van der Waals surface area contributed by atoms with Crippen LogP contribution in [-0.4, -0.2) is 20.2 Å². The Hall–Kier alpha value is -2.94. The van der Waals surface area contributed by atoms with Crippen LogP contribution in [-0.2, 0) is 6.18 Å². The maximum Gasteiger partial charge on any atom is 0.417 e. The van der Waals surface area contributed by atoms with Gasteiger partial charge >= 0.3 is 6.18 Å². The number of aryl methyl sites for hydroxylation is 1. The maximum absolute atomic E-state index is 14.6. The molecule has 10 heteroatoms. The van der Waals surface area contributed by atoms with Crippen LogP contribution in [0.2, 0.25) is 5.02 Å². The van der Waals surface area contributed by atoms with E-state index in [1.54, 1.807) is 24.6 Å². The highest BCUT2D eigenvalue weighted by Gasteiger charge is 2.37. The number of alkyl halides is 3. The molecule has 1 N–H and O–H groups in total. The number of halogens is 5. The first-order valence-electron chi connectivity index (χ1n) is 8.51. The number of nitrogens with one attached hydrogen (secondary N) is 1. The summed E-state index contributed by atoms with van der Waals surface area (Å²) in [6, 6.07) is 3.36. The van der Waals surface area contributed by atoms with Crippen molar-refractivity contribution in [3.63, 3.8) is 0 Å². The van der Waals surface area contributed by atoms with Crippen molar-refractivity contribution in [2.24, 2.45) is 4.99 Å². The van der Waals surface area contributed by atoms with Gasteiger partial charge in [-0.2, -0.15) is 13.2 Å². The van der Waals surface area contributed by atoms with Crippen LogP contribution in [0.25, 0.3) is 5.69 Å². The Morgan fingerprint density at radius 3 is 2.62 bits per heavy atom. The number of aromatic nitrogens is 3. The minimum absolute atomic E-state index is 0.134. The van der Waals surface area contributed by atoms with Gasteiger partial charge in [0.1, 0.15) is 23.4 Å². The largest absolute Gasteiger partial charge is 0.417 e. The van der Waals surface area contributed by atoms with Gasteiger partial charge in [-0.15, -0.1) is 0 Å². The van der Waals surface area contributed by atoms with E-state index < -0.39 is 34.2 Å². The molecule has 0 radical (unpaired) electrons. The molecule has 0 saturated heterocycles. The average molecular weight is 425 g/mol. The first-order valence-corrected chi connectivity index (χ1v) is 8.89. The van der Waals surface area contributed by atoms with Crippen molar-refractivity contribution in [3.05, 3.63) is 80.0 Å². The molecule has 1 aliphatic rings. The molecule has 150 valence electrons. The van der Waals surface area contributed by atoms with E-state index in [2.05, 4.69) is 15.0 Å². The van der Waals surface area contributed by atoms with Crippen LogP contribution in [0.15, 0.2) is 40.2 Å². The lowest BCUT2D eigenvalue weighted by atomic mass is 10.00. The molecule has 29 heavy (non-hydrogen) atoms. The topological polar surface area (TPSA) is 63.0 Å². The maximum atomic E-state index is 14.6. The lowest BCUT2D eigenvalue weighted by molar-refractivity contribution is -0.137. The van der Waals surface area contributed by atoms with Crippen LogP contribution in [0, 0.1) is 12.7 Å². The number of pyridine rings is 1. The molecule has 5 nitrogen and oxygen atoms in total. The number of aliphatic imine (C=N–C) groups is 1. The van der Waals surface area contributed by atoms with Crippen LogP contribution < -0.4 is 5.56 Å². The van der Waals surface area contributed by atoms with E-state index in [1.165, 1.54) is 6.07 Å². The SMILES string of the molecule is Cc1cn2c(n1)[C@H](C)N=C(c1[nH]c(=O)ccc1F)c1c-2ccc(C(F)(F)F)c1Cl. The normalized spacial score (nSPS) is 16.1. The lowest BCUT2D eigenvalue weighted by Gasteiger charge is -2.17. The van der Waals surface area contributed by atoms with Crippen molar-refractivity contribution >= 4 is 17.3 Å². The number of hydrogen-bond acceptors (Lipinski definition) is 3. The summed E-state index contributed by atoms with van der Waals surface area (Å²) in [7, 11) is 0. The van der Waals surface area contributed by atoms with Crippen LogP contribution in [0.1, 0.15) is 41.3 Å². The Bertz CT molecular complexity index is 1230. The van der Waals surface area contributed by atoms with Crippen molar-refractivity contribution < 1.29 is 17.6 Å². The molecular weight excluding hydrogens is 412 g/mol. The highest BCUT2D eigenvalue weighted by atomic mass is 35.5. The van der Waals surface area contributed by atoms with Crippen molar-refractivity contribution in [3.8, 4) is 5.69 Å². The summed E-state index contributed by atoms with van der Waals surface area (Å²) < 4.78 is 56.6. The number of aromatic amines is 1. The van der Waals surface area contributed by atoms with Gasteiger partial charge < -0.3 is 9.55 Å².